The van der Waals surface area contributed by atoms with Crippen LogP contribution in [0.25, 0.3) is 0 Å². The lowest BCUT2D eigenvalue weighted by Crippen LogP contribution is -2.42. The second kappa shape index (κ2) is 8.75. The summed E-state index contributed by atoms with van der Waals surface area (Å²) in [7, 11) is 0. The van der Waals surface area contributed by atoms with Gasteiger partial charge in [-0.3, -0.25) is 4.79 Å². The maximum Gasteiger partial charge on any atom is 0.237 e. The topological polar surface area (TPSA) is 41.1 Å². The fourth-order valence-electron chi connectivity index (χ4n) is 1.11. The van der Waals surface area contributed by atoms with Crippen molar-refractivity contribution in [1.29, 1.82) is 0 Å². The number of nitrogens with one attached hydrogen (secondary N) is 2. The highest BCUT2D eigenvalue weighted by Crippen LogP contribution is 1.92. The van der Waals surface area contributed by atoms with Crippen LogP contribution in [-0.4, -0.2) is 25.0 Å². The molecule has 82 valence electrons. The van der Waals surface area contributed by atoms with Crippen molar-refractivity contribution in [3.05, 3.63) is 12.7 Å². The lowest BCUT2D eigenvalue weighted by molar-refractivity contribution is -0.122. The van der Waals surface area contributed by atoms with Gasteiger partial charge in [-0.15, -0.1) is 6.58 Å². The van der Waals surface area contributed by atoms with Crippen molar-refractivity contribution in [2.24, 2.45) is 0 Å². The van der Waals surface area contributed by atoms with Gasteiger partial charge in [0.2, 0.25) is 5.91 Å². The van der Waals surface area contributed by atoms with Crippen molar-refractivity contribution in [1.82, 2.24) is 10.6 Å². The van der Waals surface area contributed by atoms with Crippen LogP contribution >= 0.6 is 0 Å². The van der Waals surface area contributed by atoms with E-state index in [1.165, 1.54) is 12.8 Å². The molecule has 0 radical (unpaired) electrons. The monoisotopic (exact) mass is 198 g/mol. The molecule has 0 aliphatic carbocycles. The molecule has 0 heterocycles. The van der Waals surface area contributed by atoms with Crippen molar-refractivity contribution in [3.63, 3.8) is 0 Å². The van der Waals surface area contributed by atoms with Gasteiger partial charge in [-0.05, 0) is 19.9 Å². The molecule has 0 aromatic carbocycles. The zero-order valence-electron chi connectivity index (χ0n) is 9.31. The summed E-state index contributed by atoms with van der Waals surface area (Å²) >= 11 is 0. The molecule has 0 fully saturated rings. The molecule has 1 unspecified atom stereocenters. The van der Waals surface area contributed by atoms with Crippen LogP contribution in [0, 0.1) is 0 Å². The average Bonchev–Trinajstić information content (AvgIpc) is 2.20. The van der Waals surface area contributed by atoms with Crippen LogP contribution in [0.5, 0.6) is 0 Å². The van der Waals surface area contributed by atoms with Crippen molar-refractivity contribution < 1.29 is 4.79 Å². The van der Waals surface area contributed by atoms with Gasteiger partial charge in [0.1, 0.15) is 0 Å². The predicted molar refractivity (Wildman–Crippen MR) is 60.2 cm³/mol. The van der Waals surface area contributed by atoms with E-state index < -0.39 is 0 Å². The van der Waals surface area contributed by atoms with Crippen LogP contribution in [0.15, 0.2) is 12.7 Å². The van der Waals surface area contributed by atoms with E-state index in [1.807, 2.05) is 6.92 Å². The number of hydrogen-bond donors (Lipinski definition) is 2. The first-order valence-corrected chi connectivity index (χ1v) is 5.34. The Morgan fingerprint density at radius 1 is 1.50 bits per heavy atom. The predicted octanol–water partition coefficient (Wildman–Crippen LogP) is 1.46. The Kier molecular flexibility index (Phi) is 8.24. The van der Waals surface area contributed by atoms with Crippen molar-refractivity contribution in [2.45, 2.75) is 39.2 Å². The van der Waals surface area contributed by atoms with Crippen molar-refractivity contribution in [3.8, 4) is 0 Å². The SMILES string of the molecule is C=CCNC(=O)C(C)NCCCCC. The minimum absolute atomic E-state index is 0.0430. The third-order valence-electron chi connectivity index (χ3n) is 2.04. The number of unbranched alkanes of at least 4 members (excludes halogenated alkanes) is 2. The van der Waals surface area contributed by atoms with Gasteiger partial charge >= 0.3 is 0 Å². The standard InChI is InChI=1S/C11H22N2O/c1-4-6-7-9-12-10(3)11(14)13-8-5-2/h5,10,12H,2,4,6-9H2,1,3H3,(H,13,14). The Morgan fingerprint density at radius 3 is 2.79 bits per heavy atom. The van der Waals surface area contributed by atoms with E-state index in [4.69, 9.17) is 0 Å². The maximum atomic E-state index is 11.3. The number of amides is 1. The Hall–Kier alpha value is -0.830. The zero-order chi connectivity index (χ0) is 10.8. The average molecular weight is 198 g/mol. The molecular formula is C11H22N2O. The van der Waals surface area contributed by atoms with E-state index in [1.54, 1.807) is 6.08 Å². The zero-order valence-corrected chi connectivity index (χ0v) is 9.31. The Balaban J connectivity index is 3.46. The fraction of sp³-hybridized carbons (Fsp3) is 0.727. The van der Waals surface area contributed by atoms with E-state index in [-0.39, 0.29) is 11.9 Å². The van der Waals surface area contributed by atoms with Crippen LogP contribution in [-0.2, 0) is 4.79 Å². The van der Waals surface area contributed by atoms with Gasteiger partial charge in [-0.2, -0.15) is 0 Å². The van der Waals surface area contributed by atoms with Gasteiger partial charge in [0.05, 0.1) is 6.04 Å². The molecule has 14 heavy (non-hydrogen) atoms. The van der Waals surface area contributed by atoms with E-state index >= 15 is 0 Å². The van der Waals surface area contributed by atoms with E-state index in [9.17, 15) is 4.79 Å². The second-order valence-electron chi connectivity index (χ2n) is 3.42. The largest absolute Gasteiger partial charge is 0.351 e. The maximum absolute atomic E-state index is 11.3. The molecule has 3 nitrogen and oxygen atoms in total. The molecule has 0 saturated carbocycles. The van der Waals surface area contributed by atoms with Gasteiger partial charge in [-0.25, -0.2) is 0 Å². The van der Waals surface area contributed by atoms with E-state index in [0.29, 0.717) is 6.54 Å². The third-order valence-corrected chi connectivity index (χ3v) is 2.04. The number of rotatable bonds is 8. The lowest BCUT2D eigenvalue weighted by Gasteiger charge is -2.12. The summed E-state index contributed by atoms with van der Waals surface area (Å²) < 4.78 is 0. The van der Waals surface area contributed by atoms with Gasteiger partial charge < -0.3 is 10.6 Å². The molecule has 0 aliphatic heterocycles. The summed E-state index contributed by atoms with van der Waals surface area (Å²) in [6, 6.07) is -0.105. The molecule has 0 saturated heterocycles. The summed E-state index contributed by atoms with van der Waals surface area (Å²) in [5, 5.41) is 5.93. The smallest absolute Gasteiger partial charge is 0.237 e. The highest BCUT2D eigenvalue weighted by Gasteiger charge is 2.09. The summed E-state index contributed by atoms with van der Waals surface area (Å²) in [5.41, 5.74) is 0. The normalized spacial score (nSPS) is 12.1. The van der Waals surface area contributed by atoms with Gasteiger partial charge in [0, 0.05) is 6.54 Å². The molecule has 0 spiro atoms. The second-order valence-corrected chi connectivity index (χ2v) is 3.42. The van der Waals surface area contributed by atoms with E-state index in [0.717, 1.165) is 13.0 Å². The summed E-state index contributed by atoms with van der Waals surface area (Å²) in [5.74, 6) is 0.0430. The highest BCUT2D eigenvalue weighted by molar-refractivity contribution is 5.81. The summed E-state index contributed by atoms with van der Waals surface area (Å²) in [6.45, 7) is 9.04. The van der Waals surface area contributed by atoms with E-state index in [2.05, 4.69) is 24.1 Å². The number of carbonyl (C=O) groups is 1. The van der Waals surface area contributed by atoms with Crippen LogP contribution in [0.2, 0.25) is 0 Å². The molecule has 0 aromatic rings. The Labute approximate surface area is 87.0 Å². The molecule has 3 heteroatoms. The lowest BCUT2D eigenvalue weighted by atomic mass is 10.2. The molecule has 0 bridgehead atoms. The first kappa shape index (κ1) is 13.2. The van der Waals surface area contributed by atoms with Crippen LogP contribution in [0.1, 0.15) is 33.1 Å². The van der Waals surface area contributed by atoms with Gasteiger partial charge in [-0.1, -0.05) is 25.8 Å². The number of carbonyl (C=O) groups excluding carboxylic acids is 1. The third kappa shape index (κ3) is 6.66. The quantitative estimate of drug-likeness (QED) is 0.458. The van der Waals surface area contributed by atoms with Gasteiger partial charge in [0.25, 0.3) is 0 Å². The number of hydrogen-bond acceptors (Lipinski definition) is 2. The molecule has 0 aromatic heterocycles. The van der Waals surface area contributed by atoms with Crippen LogP contribution in [0.4, 0.5) is 0 Å². The first-order chi connectivity index (χ1) is 6.72. The molecule has 1 atom stereocenters. The Bertz CT molecular complexity index is 169. The first-order valence-electron chi connectivity index (χ1n) is 5.34. The molecule has 2 N–H and O–H groups in total. The highest BCUT2D eigenvalue weighted by atomic mass is 16.2. The Morgan fingerprint density at radius 2 is 2.21 bits per heavy atom. The van der Waals surface area contributed by atoms with Crippen LogP contribution < -0.4 is 10.6 Å². The summed E-state index contributed by atoms with van der Waals surface area (Å²) in [4.78, 5) is 11.3. The molecule has 0 rings (SSSR count). The van der Waals surface area contributed by atoms with Crippen LogP contribution in [0.3, 0.4) is 0 Å². The van der Waals surface area contributed by atoms with Gasteiger partial charge in [0.15, 0.2) is 0 Å². The molecular weight excluding hydrogens is 176 g/mol. The fourth-order valence-corrected chi connectivity index (χ4v) is 1.11. The molecule has 0 aliphatic rings. The minimum atomic E-state index is -0.105. The minimum Gasteiger partial charge on any atom is -0.351 e. The summed E-state index contributed by atoms with van der Waals surface area (Å²) in [6.07, 6.45) is 5.24. The van der Waals surface area contributed by atoms with Crippen molar-refractivity contribution in [2.75, 3.05) is 13.1 Å². The molecule has 1 amide bonds. The van der Waals surface area contributed by atoms with Crippen molar-refractivity contribution >= 4 is 5.91 Å².